The highest BCUT2D eigenvalue weighted by molar-refractivity contribution is 5.30. The van der Waals surface area contributed by atoms with E-state index in [1.54, 1.807) is 0 Å². The smallest absolute Gasteiger partial charge is 0.387 e. The van der Waals surface area contributed by atoms with E-state index >= 15 is 0 Å². The standard InChI is InChI=1S/C20H25F3O5/c1-2-3-4-5-13-9-24-19(25-10-13)15-11-26-18(27-12-15)14-6-7-17(16(21)8-14)28-20(22)23/h4-8,13,15,18-20H,2-3,9-12H2,1H3/b5-4+. The maximum Gasteiger partial charge on any atom is 0.387 e. The molecule has 1 aromatic rings. The van der Waals surface area contributed by atoms with E-state index in [0.29, 0.717) is 32.0 Å². The lowest BCUT2D eigenvalue weighted by molar-refractivity contribution is -0.280. The second-order valence-electron chi connectivity index (χ2n) is 6.84. The molecule has 0 aromatic heterocycles. The van der Waals surface area contributed by atoms with E-state index in [9.17, 15) is 13.2 Å². The summed E-state index contributed by atoms with van der Waals surface area (Å²) in [6.07, 6.45) is 5.24. The Morgan fingerprint density at radius 3 is 2.43 bits per heavy atom. The summed E-state index contributed by atoms with van der Waals surface area (Å²) >= 11 is 0. The number of rotatable bonds is 7. The van der Waals surface area contributed by atoms with Crippen molar-refractivity contribution < 1.29 is 36.9 Å². The van der Waals surface area contributed by atoms with Gasteiger partial charge >= 0.3 is 6.61 Å². The van der Waals surface area contributed by atoms with Crippen molar-refractivity contribution in [2.45, 2.75) is 39.0 Å². The van der Waals surface area contributed by atoms with Crippen LogP contribution in [0, 0.1) is 17.7 Å². The van der Waals surface area contributed by atoms with Gasteiger partial charge in [-0.05, 0) is 18.6 Å². The summed E-state index contributed by atoms with van der Waals surface area (Å²) in [6, 6.07) is 3.64. The van der Waals surface area contributed by atoms with Gasteiger partial charge in [0.2, 0.25) is 0 Å². The molecule has 2 fully saturated rings. The highest BCUT2D eigenvalue weighted by Crippen LogP contribution is 2.31. The van der Waals surface area contributed by atoms with Gasteiger partial charge in [-0.3, -0.25) is 0 Å². The van der Waals surface area contributed by atoms with Crippen molar-refractivity contribution in [1.82, 2.24) is 0 Å². The van der Waals surface area contributed by atoms with Gasteiger partial charge in [0, 0.05) is 11.5 Å². The van der Waals surface area contributed by atoms with Gasteiger partial charge in [0.15, 0.2) is 24.1 Å². The number of hydrogen-bond acceptors (Lipinski definition) is 5. The first-order valence-corrected chi connectivity index (χ1v) is 9.44. The molecule has 28 heavy (non-hydrogen) atoms. The molecule has 2 aliphatic rings. The van der Waals surface area contributed by atoms with Gasteiger partial charge in [0.1, 0.15) is 0 Å². The maximum atomic E-state index is 13.9. The van der Waals surface area contributed by atoms with Gasteiger partial charge in [-0.25, -0.2) is 4.39 Å². The molecule has 3 rings (SSSR count). The quantitative estimate of drug-likeness (QED) is 0.632. The predicted molar refractivity (Wildman–Crippen MR) is 94.4 cm³/mol. The highest BCUT2D eigenvalue weighted by atomic mass is 19.3. The number of ether oxygens (including phenoxy) is 5. The molecule has 8 heteroatoms. The Morgan fingerprint density at radius 1 is 1.11 bits per heavy atom. The van der Waals surface area contributed by atoms with Crippen LogP contribution in [0.3, 0.4) is 0 Å². The first-order chi connectivity index (χ1) is 13.6. The molecule has 0 unspecified atom stereocenters. The van der Waals surface area contributed by atoms with E-state index < -0.39 is 30.8 Å². The van der Waals surface area contributed by atoms with Crippen LogP contribution >= 0.6 is 0 Å². The monoisotopic (exact) mass is 402 g/mol. The van der Waals surface area contributed by atoms with E-state index in [1.807, 2.05) is 0 Å². The van der Waals surface area contributed by atoms with Gasteiger partial charge in [-0.2, -0.15) is 8.78 Å². The average molecular weight is 402 g/mol. The molecular weight excluding hydrogens is 377 g/mol. The molecule has 0 radical (unpaired) electrons. The van der Waals surface area contributed by atoms with Crippen molar-refractivity contribution >= 4 is 0 Å². The van der Waals surface area contributed by atoms with Gasteiger partial charge in [0.25, 0.3) is 0 Å². The zero-order valence-corrected chi connectivity index (χ0v) is 15.7. The highest BCUT2D eigenvalue weighted by Gasteiger charge is 2.34. The lowest BCUT2D eigenvalue weighted by Gasteiger charge is -2.37. The third kappa shape index (κ3) is 5.70. The van der Waals surface area contributed by atoms with E-state index in [1.165, 1.54) is 6.07 Å². The van der Waals surface area contributed by atoms with Gasteiger partial charge in [-0.1, -0.05) is 31.6 Å². The van der Waals surface area contributed by atoms with Crippen molar-refractivity contribution in [2.24, 2.45) is 11.8 Å². The molecule has 1 aromatic carbocycles. The minimum atomic E-state index is -3.08. The Morgan fingerprint density at radius 2 is 1.82 bits per heavy atom. The van der Waals surface area contributed by atoms with E-state index in [4.69, 9.17) is 18.9 Å². The molecule has 156 valence electrons. The fraction of sp³-hybridized carbons (Fsp3) is 0.600. The van der Waals surface area contributed by atoms with Crippen molar-refractivity contribution in [1.29, 1.82) is 0 Å². The van der Waals surface area contributed by atoms with Crippen LogP contribution in [0.4, 0.5) is 13.2 Å². The van der Waals surface area contributed by atoms with Crippen LogP contribution in [0.5, 0.6) is 5.75 Å². The summed E-state index contributed by atoms with van der Waals surface area (Å²) in [6.45, 7) is 0.861. The molecule has 0 atom stereocenters. The topological polar surface area (TPSA) is 46.2 Å². The van der Waals surface area contributed by atoms with Crippen molar-refractivity contribution in [3.05, 3.63) is 41.7 Å². The number of alkyl halides is 2. The van der Waals surface area contributed by atoms with Crippen molar-refractivity contribution in [2.75, 3.05) is 26.4 Å². The summed E-state index contributed by atoms with van der Waals surface area (Å²) in [5.41, 5.74) is 0.393. The van der Waals surface area contributed by atoms with Crippen LogP contribution in [0.1, 0.15) is 31.6 Å². The largest absolute Gasteiger partial charge is 0.432 e. The molecule has 2 heterocycles. The van der Waals surface area contributed by atoms with Crippen LogP contribution in [0.25, 0.3) is 0 Å². The number of allylic oxidation sites excluding steroid dienone is 1. The normalized spacial score (nSPS) is 28.8. The van der Waals surface area contributed by atoms with Crippen LogP contribution < -0.4 is 4.74 Å². The minimum absolute atomic E-state index is 0.0943. The average Bonchev–Trinajstić information content (AvgIpc) is 2.70. The molecule has 0 spiro atoms. The molecule has 0 bridgehead atoms. The molecule has 0 aliphatic carbocycles. The van der Waals surface area contributed by atoms with Crippen LogP contribution in [0.2, 0.25) is 0 Å². The Balaban J connectivity index is 1.47. The second-order valence-corrected chi connectivity index (χ2v) is 6.84. The molecule has 2 saturated heterocycles. The van der Waals surface area contributed by atoms with Gasteiger partial charge in [0.05, 0.1) is 32.3 Å². The lowest BCUT2D eigenvalue weighted by atomic mass is 10.1. The number of halogens is 3. The number of unbranched alkanes of at least 4 members (excludes halogenated alkanes) is 1. The molecule has 0 N–H and O–H groups in total. The fourth-order valence-corrected chi connectivity index (χ4v) is 3.09. The zero-order valence-electron chi connectivity index (χ0n) is 15.7. The van der Waals surface area contributed by atoms with Crippen molar-refractivity contribution in [3.63, 3.8) is 0 Å². The van der Waals surface area contributed by atoms with Crippen LogP contribution in [0.15, 0.2) is 30.4 Å². The van der Waals surface area contributed by atoms with E-state index in [0.717, 1.165) is 25.0 Å². The van der Waals surface area contributed by atoms with Gasteiger partial charge < -0.3 is 23.7 Å². The number of benzene rings is 1. The Bertz CT molecular complexity index is 639. The maximum absolute atomic E-state index is 13.9. The second kappa shape index (κ2) is 10.2. The van der Waals surface area contributed by atoms with E-state index in [2.05, 4.69) is 23.8 Å². The van der Waals surface area contributed by atoms with Crippen LogP contribution in [-0.4, -0.2) is 39.3 Å². The molecular formula is C20H25F3O5. The molecule has 2 aliphatic heterocycles. The first-order valence-electron chi connectivity index (χ1n) is 9.44. The van der Waals surface area contributed by atoms with Crippen molar-refractivity contribution in [3.8, 4) is 5.75 Å². The summed E-state index contributed by atoms with van der Waals surface area (Å²) in [5, 5.41) is 0. The molecule has 0 amide bonds. The van der Waals surface area contributed by atoms with Gasteiger partial charge in [-0.15, -0.1) is 0 Å². The third-order valence-corrected chi connectivity index (χ3v) is 4.57. The Kier molecular flexibility index (Phi) is 7.73. The van der Waals surface area contributed by atoms with E-state index in [-0.39, 0.29) is 11.8 Å². The lowest BCUT2D eigenvalue weighted by Crippen LogP contribution is -2.42. The predicted octanol–water partition coefficient (Wildman–Crippen LogP) is 4.43. The zero-order chi connectivity index (χ0) is 19.9. The summed E-state index contributed by atoms with van der Waals surface area (Å²) in [4.78, 5) is 0. The number of hydrogen-bond donors (Lipinski definition) is 0. The first kappa shape index (κ1) is 21.1. The molecule has 0 saturated carbocycles. The summed E-state index contributed by atoms with van der Waals surface area (Å²) in [7, 11) is 0. The Hall–Kier alpha value is -1.61. The SMILES string of the molecule is CCC/C=C/C1COC(C2COC(c3ccc(OC(F)F)c(F)c3)OC2)OC1. The third-order valence-electron chi connectivity index (χ3n) is 4.57. The molecule has 5 nitrogen and oxygen atoms in total. The minimum Gasteiger partial charge on any atom is -0.432 e. The van der Waals surface area contributed by atoms with Crippen LogP contribution in [-0.2, 0) is 18.9 Å². The Labute approximate surface area is 162 Å². The fourth-order valence-electron chi connectivity index (χ4n) is 3.09. The summed E-state index contributed by atoms with van der Waals surface area (Å²) in [5.74, 6) is -1.26. The summed E-state index contributed by atoms with van der Waals surface area (Å²) < 4.78 is 65.3.